The smallest absolute Gasteiger partial charge is 0.0323 e. The molecule has 1 aliphatic rings. The van der Waals surface area contributed by atoms with E-state index in [0.717, 1.165) is 11.3 Å². The van der Waals surface area contributed by atoms with Gasteiger partial charge in [0.25, 0.3) is 0 Å². The van der Waals surface area contributed by atoms with Crippen molar-refractivity contribution in [2.45, 2.75) is 46.5 Å². The summed E-state index contributed by atoms with van der Waals surface area (Å²) >= 11 is 0. The van der Waals surface area contributed by atoms with Crippen LogP contribution in [-0.4, -0.2) is 0 Å². The zero-order chi connectivity index (χ0) is 6.91. The minimum Gasteiger partial charge on any atom is -0.0651 e. The fourth-order valence-electron chi connectivity index (χ4n) is 1.91. The third-order valence-corrected chi connectivity index (χ3v) is 2.99. The lowest BCUT2D eigenvalue weighted by Gasteiger charge is -2.44. The molecule has 1 saturated carbocycles. The van der Waals surface area contributed by atoms with Crippen LogP contribution in [0.1, 0.15) is 46.5 Å². The van der Waals surface area contributed by atoms with E-state index >= 15 is 0 Å². The SMILES string of the molecule is CCC1CC(C)(CC)C1. The normalized spacial score (nSPS) is 42.3. The third kappa shape index (κ3) is 1.28. The highest BCUT2D eigenvalue weighted by Gasteiger charge is 2.36. The second-order valence-electron chi connectivity index (χ2n) is 3.85. The van der Waals surface area contributed by atoms with Crippen LogP contribution in [0.15, 0.2) is 0 Å². The Hall–Kier alpha value is 0. The molecule has 1 aliphatic carbocycles. The molecule has 0 N–H and O–H groups in total. The van der Waals surface area contributed by atoms with E-state index in [1.807, 2.05) is 0 Å². The Bertz CT molecular complexity index is 88.2. The highest BCUT2D eigenvalue weighted by atomic mass is 14.4. The quantitative estimate of drug-likeness (QED) is 0.533. The van der Waals surface area contributed by atoms with Gasteiger partial charge in [-0.3, -0.25) is 0 Å². The summed E-state index contributed by atoms with van der Waals surface area (Å²) in [4.78, 5) is 0. The molecule has 0 radical (unpaired) electrons. The van der Waals surface area contributed by atoms with E-state index < -0.39 is 0 Å². The second kappa shape index (κ2) is 2.32. The van der Waals surface area contributed by atoms with Crippen LogP contribution in [0.4, 0.5) is 0 Å². The van der Waals surface area contributed by atoms with Gasteiger partial charge in [0.1, 0.15) is 0 Å². The maximum absolute atomic E-state index is 2.42. The predicted octanol–water partition coefficient (Wildman–Crippen LogP) is 3.22. The van der Waals surface area contributed by atoms with Gasteiger partial charge < -0.3 is 0 Å². The van der Waals surface area contributed by atoms with Crippen LogP contribution in [0, 0.1) is 11.3 Å². The molecule has 9 heavy (non-hydrogen) atoms. The zero-order valence-corrected chi connectivity index (χ0v) is 6.91. The van der Waals surface area contributed by atoms with Crippen molar-refractivity contribution in [2.24, 2.45) is 11.3 Å². The second-order valence-corrected chi connectivity index (χ2v) is 3.85. The maximum Gasteiger partial charge on any atom is -0.0323 e. The van der Waals surface area contributed by atoms with Crippen molar-refractivity contribution in [1.82, 2.24) is 0 Å². The Morgan fingerprint density at radius 2 is 1.89 bits per heavy atom. The first-order valence-electron chi connectivity index (χ1n) is 4.20. The van der Waals surface area contributed by atoms with Crippen molar-refractivity contribution in [2.75, 3.05) is 0 Å². The van der Waals surface area contributed by atoms with E-state index in [2.05, 4.69) is 20.8 Å². The van der Waals surface area contributed by atoms with Crippen molar-refractivity contribution in [3.63, 3.8) is 0 Å². The van der Waals surface area contributed by atoms with Crippen molar-refractivity contribution < 1.29 is 0 Å². The van der Waals surface area contributed by atoms with Crippen molar-refractivity contribution in [1.29, 1.82) is 0 Å². The first-order valence-corrected chi connectivity index (χ1v) is 4.20. The van der Waals surface area contributed by atoms with Crippen molar-refractivity contribution in [3.05, 3.63) is 0 Å². The topological polar surface area (TPSA) is 0 Å². The molecule has 1 fully saturated rings. The summed E-state index contributed by atoms with van der Waals surface area (Å²) in [7, 11) is 0. The Morgan fingerprint density at radius 1 is 1.33 bits per heavy atom. The van der Waals surface area contributed by atoms with E-state index in [4.69, 9.17) is 0 Å². The van der Waals surface area contributed by atoms with E-state index in [1.165, 1.54) is 25.7 Å². The summed E-state index contributed by atoms with van der Waals surface area (Å²) < 4.78 is 0. The van der Waals surface area contributed by atoms with Gasteiger partial charge in [0, 0.05) is 0 Å². The van der Waals surface area contributed by atoms with Crippen molar-refractivity contribution >= 4 is 0 Å². The lowest BCUT2D eigenvalue weighted by molar-refractivity contribution is 0.0684. The van der Waals surface area contributed by atoms with Crippen LogP contribution in [0.25, 0.3) is 0 Å². The summed E-state index contributed by atoms with van der Waals surface area (Å²) in [5.74, 6) is 1.06. The number of hydrogen-bond donors (Lipinski definition) is 0. The first kappa shape index (κ1) is 7.11. The van der Waals surface area contributed by atoms with Gasteiger partial charge in [-0.15, -0.1) is 0 Å². The summed E-state index contributed by atoms with van der Waals surface area (Å²) in [6, 6.07) is 0. The van der Waals surface area contributed by atoms with Crippen LogP contribution in [0.3, 0.4) is 0 Å². The average Bonchev–Trinajstić information content (AvgIpc) is 1.81. The molecule has 0 heterocycles. The Morgan fingerprint density at radius 3 is 2.22 bits per heavy atom. The highest BCUT2D eigenvalue weighted by Crippen LogP contribution is 2.48. The molecule has 0 nitrogen and oxygen atoms in total. The maximum atomic E-state index is 2.42. The molecule has 1 rings (SSSR count). The highest BCUT2D eigenvalue weighted by molar-refractivity contribution is 4.88. The lowest BCUT2D eigenvalue weighted by Crippen LogP contribution is -2.33. The summed E-state index contributed by atoms with van der Waals surface area (Å²) in [5, 5.41) is 0. The Labute approximate surface area is 58.7 Å². The molecule has 0 spiro atoms. The van der Waals surface area contributed by atoms with Crippen LogP contribution in [0.5, 0.6) is 0 Å². The van der Waals surface area contributed by atoms with Crippen LogP contribution < -0.4 is 0 Å². The molecule has 0 aromatic heterocycles. The Kier molecular flexibility index (Phi) is 1.83. The zero-order valence-electron chi connectivity index (χ0n) is 6.91. The largest absolute Gasteiger partial charge is 0.0651 e. The first-order chi connectivity index (χ1) is 4.20. The minimum absolute atomic E-state index is 0.737. The fourth-order valence-corrected chi connectivity index (χ4v) is 1.91. The molecule has 0 aromatic rings. The summed E-state index contributed by atoms with van der Waals surface area (Å²) in [6.07, 6.45) is 5.75. The molecule has 0 atom stereocenters. The minimum atomic E-state index is 0.737. The van der Waals surface area contributed by atoms with Gasteiger partial charge in [-0.05, 0) is 24.2 Å². The number of rotatable bonds is 2. The molecule has 0 saturated heterocycles. The van der Waals surface area contributed by atoms with E-state index in [1.54, 1.807) is 0 Å². The predicted molar refractivity (Wildman–Crippen MR) is 41.4 cm³/mol. The van der Waals surface area contributed by atoms with Gasteiger partial charge in [-0.1, -0.05) is 33.6 Å². The van der Waals surface area contributed by atoms with Crippen LogP contribution in [-0.2, 0) is 0 Å². The number of hydrogen-bond acceptors (Lipinski definition) is 0. The standard InChI is InChI=1S/C9H18/c1-4-8-6-9(3,5-2)7-8/h8H,4-7H2,1-3H3. The molecule has 0 amide bonds. The monoisotopic (exact) mass is 126 g/mol. The van der Waals surface area contributed by atoms with E-state index in [9.17, 15) is 0 Å². The van der Waals surface area contributed by atoms with Gasteiger partial charge in [0.05, 0.1) is 0 Å². The van der Waals surface area contributed by atoms with Gasteiger partial charge in [-0.25, -0.2) is 0 Å². The van der Waals surface area contributed by atoms with E-state index in [0.29, 0.717) is 0 Å². The van der Waals surface area contributed by atoms with Gasteiger partial charge in [0.15, 0.2) is 0 Å². The molecule has 0 aliphatic heterocycles. The summed E-state index contributed by atoms with van der Waals surface area (Å²) in [6.45, 7) is 7.03. The van der Waals surface area contributed by atoms with Crippen LogP contribution >= 0.6 is 0 Å². The van der Waals surface area contributed by atoms with E-state index in [-0.39, 0.29) is 0 Å². The molecule has 54 valence electrons. The molecular formula is C9H18. The van der Waals surface area contributed by atoms with Gasteiger partial charge >= 0.3 is 0 Å². The lowest BCUT2D eigenvalue weighted by atomic mass is 9.61. The molecule has 0 bridgehead atoms. The molecule has 0 heteroatoms. The Balaban J connectivity index is 2.24. The van der Waals surface area contributed by atoms with Crippen molar-refractivity contribution in [3.8, 4) is 0 Å². The third-order valence-electron chi connectivity index (χ3n) is 2.99. The molecule has 0 unspecified atom stereocenters. The fraction of sp³-hybridized carbons (Fsp3) is 1.00. The van der Waals surface area contributed by atoms with Crippen LogP contribution in [0.2, 0.25) is 0 Å². The molecular weight excluding hydrogens is 108 g/mol. The van der Waals surface area contributed by atoms with Gasteiger partial charge in [-0.2, -0.15) is 0 Å². The van der Waals surface area contributed by atoms with Gasteiger partial charge in [0.2, 0.25) is 0 Å². The average molecular weight is 126 g/mol. The summed E-state index contributed by atoms with van der Waals surface area (Å²) in [5.41, 5.74) is 0.737. The molecule has 0 aromatic carbocycles.